The zero-order valence-corrected chi connectivity index (χ0v) is 13.0. The van der Waals surface area contributed by atoms with Crippen LogP contribution >= 0.6 is 0 Å². The highest BCUT2D eigenvalue weighted by Gasteiger charge is 2.15. The van der Waals surface area contributed by atoms with Gasteiger partial charge >= 0.3 is 0 Å². The molecule has 0 saturated heterocycles. The molecule has 1 nitrogen and oxygen atoms in total. The van der Waals surface area contributed by atoms with Gasteiger partial charge in [-0.3, -0.25) is 4.90 Å². The smallest absolute Gasteiger partial charge is 0.0236 e. The molecule has 0 atom stereocenters. The molecule has 1 heteroatoms. The number of nitrogens with zero attached hydrogens (tertiary/aromatic N) is 1. The SMILES string of the molecule is CCc1ccc2c(c1)CN(CCCc1ccccc1)CC2. The zero-order valence-electron chi connectivity index (χ0n) is 13.0. The van der Waals surface area contributed by atoms with Crippen LogP contribution in [0.1, 0.15) is 35.6 Å². The van der Waals surface area contributed by atoms with E-state index in [1.54, 1.807) is 11.1 Å². The first-order valence-corrected chi connectivity index (χ1v) is 8.22. The van der Waals surface area contributed by atoms with Gasteiger partial charge in [0.25, 0.3) is 0 Å². The fourth-order valence-electron chi connectivity index (χ4n) is 3.23. The lowest BCUT2D eigenvalue weighted by molar-refractivity contribution is 0.251. The number of aryl methyl sites for hydroxylation is 2. The average Bonchev–Trinajstić information content (AvgIpc) is 2.55. The molecule has 0 saturated carbocycles. The van der Waals surface area contributed by atoms with Gasteiger partial charge in [-0.2, -0.15) is 0 Å². The lowest BCUT2D eigenvalue weighted by Gasteiger charge is -2.29. The Kier molecular flexibility index (Phi) is 4.72. The first-order valence-electron chi connectivity index (χ1n) is 8.22. The van der Waals surface area contributed by atoms with Crippen molar-refractivity contribution in [3.05, 3.63) is 70.8 Å². The monoisotopic (exact) mass is 279 g/mol. The standard InChI is InChI=1S/C20H25N/c1-2-17-10-11-19-12-14-21(16-20(19)15-17)13-6-9-18-7-4-3-5-8-18/h3-5,7-8,10-11,15H,2,6,9,12-14,16H2,1H3. The minimum atomic E-state index is 1.14. The molecule has 1 aliphatic heterocycles. The van der Waals surface area contributed by atoms with Crippen molar-refractivity contribution < 1.29 is 0 Å². The third-order valence-corrected chi connectivity index (χ3v) is 4.55. The van der Waals surface area contributed by atoms with Gasteiger partial charge in [0.1, 0.15) is 0 Å². The minimum absolute atomic E-state index is 1.14. The fraction of sp³-hybridized carbons (Fsp3) is 0.400. The van der Waals surface area contributed by atoms with Crippen molar-refractivity contribution in [1.82, 2.24) is 4.90 Å². The van der Waals surface area contributed by atoms with Crippen molar-refractivity contribution >= 4 is 0 Å². The molecule has 1 heterocycles. The van der Waals surface area contributed by atoms with Crippen molar-refractivity contribution in [2.24, 2.45) is 0 Å². The molecule has 110 valence electrons. The lowest BCUT2D eigenvalue weighted by atomic mass is 9.96. The van der Waals surface area contributed by atoms with Crippen LogP contribution in [0.25, 0.3) is 0 Å². The predicted octanol–water partition coefficient (Wildman–Crippen LogP) is 4.24. The molecular formula is C20H25N. The van der Waals surface area contributed by atoms with Crippen LogP contribution in [0.3, 0.4) is 0 Å². The van der Waals surface area contributed by atoms with Gasteiger partial charge in [0, 0.05) is 13.1 Å². The maximum Gasteiger partial charge on any atom is 0.0236 e. The Morgan fingerprint density at radius 2 is 1.81 bits per heavy atom. The van der Waals surface area contributed by atoms with Crippen LogP contribution in [0.5, 0.6) is 0 Å². The maximum absolute atomic E-state index is 2.62. The molecular weight excluding hydrogens is 254 g/mol. The summed E-state index contributed by atoms with van der Waals surface area (Å²) in [6, 6.07) is 17.9. The van der Waals surface area contributed by atoms with E-state index in [0.29, 0.717) is 0 Å². The first-order chi connectivity index (χ1) is 10.3. The van der Waals surface area contributed by atoms with E-state index in [1.807, 2.05) is 0 Å². The molecule has 2 aromatic rings. The van der Waals surface area contributed by atoms with Gasteiger partial charge in [0.15, 0.2) is 0 Å². The van der Waals surface area contributed by atoms with Gasteiger partial charge in [-0.1, -0.05) is 55.5 Å². The molecule has 0 amide bonds. The lowest BCUT2D eigenvalue weighted by Crippen LogP contribution is -2.31. The van der Waals surface area contributed by atoms with Crippen LogP contribution in [0.2, 0.25) is 0 Å². The summed E-state index contributed by atoms with van der Waals surface area (Å²) in [7, 11) is 0. The van der Waals surface area contributed by atoms with Crippen LogP contribution in [-0.4, -0.2) is 18.0 Å². The summed E-state index contributed by atoms with van der Waals surface area (Å²) < 4.78 is 0. The molecule has 0 spiro atoms. The van der Waals surface area contributed by atoms with E-state index in [1.165, 1.54) is 43.5 Å². The number of fused-ring (bicyclic) bond motifs is 1. The Morgan fingerprint density at radius 3 is 2.62 bits per heavy atom. The summed E-state index contributed by atoms with van der Waals surface area (Å²) in [6.07, 6.45) is 4.80. The van der Waals surface area contributed by atoms with Crippen molar-refractivity contribution in [2.75, 3.05) is 13.1 Å². The van der Waals surface area contributed by atoms with Crippen LogP contribution in [0, 0.1) is 0 Å². The normalized spacial score (nSPS) is 14.9. The summed E-state index contributed by atoms with van der Waals surface area (Å²) in [5, 5.41) is 0. The van der Waals surface area contributed by atoms with E-state index in [-0.39, 0.29) is 0 Å². The molecule has 21 heavy (non-hydrogen) atoms. The molecule has 0 unspecified atom stereocenters. The van der Waals surface area contributed by atoms with Gasteiger partial charge in [0.2, 0.25) is 0 Å². The molecule has 0 radical (unpaired) electrons. The summed E-state index contributed by atoms with van der Waals surface area (Å²) in [6.45, 7) is 5.80. The molecule has 0 N–H and O–H groups in total. The van der Waals surface area contributed by atoms with E-state index in [2.05, 4.69) is 60.4 Å². The summed E-state index contributed by atoms with van der Waals surface area (Å²) >= 11 is 0. The van der Waals surface area contributed by atoms with Crippen molar-refractivity contribution in [3.8, 4) is 0 Å². The van der Waals surface area contributed by atoms with Crippen molar-refractivity contribution in [3.63, 3.8) is 0 Å². The van der Waals surface area contributed by atoms with E-state index in [0.717, 1.165) is 13.0 Å². The second-order valence-electron chi connectivity index (χ2n) is 6.07. The molecule has 0 aliphatic carbocycles. The number of rotatable bonds is 5. The first kappa shape index (κ1) is 14.3. The molecule has 1 aliphatic rings. The van der Waals surface area contributed by atoms with E-state index >= 15 is 0 Å². The quantitative estimate of drug-likeness (QED) is 0.791. The van der Waals surface area contributed by atoms with Gasteiger partial charge in [-0.25, -0.2) is 0 Å². The zero-order chi connectivity index (χ0) is 14.5. The van der Waals surface area contributed by atoms with Gasteiger partial charge in [-0.15, -0.1) is 0 Å². The Hall–Kier alpha value is -1.60. The third-order valence-electron chi connectivity index (χ3n) is 4.55. The topological polar surface area (TPSA) is 3.24 Å². The highest BCUT2D eigenvalue weighted by atomic mass is 15.1. The Morgan fingerprint density at radius 1 is 0.952 bits per heavy atom. The van der Waals surface area contributed by atoms with Crippen LogP contribution < -0.4 is 0 Å². The second-order valence-corrected chi connectivity index (χ2v) is 6.07. The molecule has 0 fully saturated rings. The van der Waals surface area contributed by atoms with E-state index in [9.17, 15) is 0 Å². The fourth-order valence-corrected chi connectivity index (χ4v) is 3.23. The van der Waals surface area contributed by atoms with Gasteiger partial charge in [0.05, 0.1) is 0 Å². The number of hydrogen-bond acceptors (Lipinski definition) is 1. The largest absolute Gasteiger partial charge is 0.299 e. The van der Waals surface area contributed by atoms with E-state index < -0.39 is 0 Å². The predicted molar refractivity (Wildman–Crippen MR) is 89.6 cm³/mol. The highest BCUT2D eigenvalue weighted by Crippen LogP contribution is 2.21. The van der Waals surface area contributed by atoms with Gasteiger partial charge < -0.3 is 0 Å². The minimum Gasteiger partial charge on any atom is -0.299 e. The molecule has 2 aromatic carbocycles. The maximum atomic E-state index is 2.62. The Labute approximate surface area is 128 Å². The summed E-state index contributed by atoms with van der Waals surface area (Å²) in [4.78, 5) is 2.62. The third kappa shape index (κ3) is 3.74. The molecule has 3 rings (SSSR count). The van der Waals surface area contributed by atoms with Gasteiger partial charge in [-0.05, 0) is 54.5 Å². The number of hydrogen-bond donors (Lipinski definition) is 0. The number of benzene rings is 2. The van der Waals surface area contributed by atoms with Crippen molar-refractivity contribution in [2.45, 2.75) is 39.2 Å². The van der Waals surface area contributed by atoms with Crippen molar-refractivity contribution in [1.29, 1.82) is 0 Å². The summed E-state index contributed by atoms with van der Waals surface area (Å²) in [5.41, 5.74) is 6.05. The molecule has 0 bridgehead atoms. The average molecular weight is 279 g/mol. The van der Waals surface area contributed by atoms with Crippen LogP contribution in [0.15, 0.2) is 48.5 Å². The van der Waals surface area contributed by atoms with Crippen LogP contribution in [-0.2, 0) is 25.8 Å². The van der Waals surface area contributed by atoms with Crippen LogP contribution in [0.4, 0.5) is 0 Å². The van der Waals surface area contributed by atoms with E-state index in [4.69, 9.17) is 0 Å². The molecule has 0 aromatic heterocycles. The Balaban J connectivity index is 1.54. The second kappa shape index (κ2) is 6.91. The summed E-state index contributed by atoms with van der Waals surface area (Å²) in [5.74, 6) is 0. The highest BCUT2D eigenvalue weighted by molar-refractivity contribution is 5.33. The Bertz CT molecular complexity index is 574.